The zero-order valence-electron chi connectivity index (χ0n) is 12.1. The number of furan rings is 1. The monoisotopic (exact) mass is 337 g/mol. The highest BCUT2D eigenvalue weighted by Crippen LogP contribution is 2.42. The zero-order chi connectivity index (χ0) is 15.7. The fourth-order valence-electron chi connectivity index (χ4n) is 2.51. The lowest BCUT2D eigenvalue weighted by Gasteiger charge is -2.35. The van der Waals surface area contributed by atoms with E-state index in [2.05, 4.69) is 0 Å². The van der Waals surface area contributed by atoms with Gasteiger partial charge in [0.1, 0.15) is 22.6 Å². The molecule has 6 heteroatoms. The van der Waals surface area contributed by atoms with Crippen molar-refractivity contribution in [3.63, 3.8) is 0 Å². The van der Waals surface area contributed by atoms with E-state index in [0.29, 0.717) is 23.6 Å². The van der Waals surface area contributed by atoms with Crippen LogP contribution in [0.1, 0.15) is 28.9 Å². The second kappa shape index (κ2) is 6.26. The van der Waals surface area contributed by atoms with Crippen LogP contribution in [0.2, 0.25) is 5.02 Å². The van der Waals surface area contributed by atoms with Crippen molar-refractivity contribution in [3.8, 4) is 5.75 Å². The SMILES string of the molecule is Cc1ccc(CN2C(=O)CCSC2c2cc(Cl)ccc2O)o1. The Kier molecular flexibility index (Phi) is 4.36. The molecule has 1 fully saturated rings. The number of carbonyl (C=O) groups is 1. The third kappa shape index (κ3) is 3.10. The Bertz CT molecular complexity index is 700. The number of carbonyl (C=O) groups excluding carboxylic acids is 1. The fourth-order valence-corrected chi connectivity index (χ4v) is 3.95. The van der Waals surface area contributed by atoms with Gasteiger partial charge in [0.05, 0.1) is 6.54 Å². The third-order valence-corrected chi connectivity index (χ3v) is 5.07. The molecule has 1 aliphatic heterocycles. The van der Waals surface area contributed by atoms with Gasteiger partial charge in [-0.05, 0) is 37.3 Å². The molecule has 22 heavy (non-hydrogen) atoms. The summed E-state index contributed by atoms with van der Waals surface area (Å²) in [7, 11) is 0. The third-order valence-electron chi connectivity index (χ3n) is 3.57. The lowest BCUT2D eigenvalue weighted by Crippen LogP contribution is -2.36. The van der Waals surface area contributed by atoms with E-state index < -0.39 is 0 Å². The number of hydrogen-bond donors (Lipinski definition) is 1. The van der Waals surface area contributed by atoms with Gasteiger partial charge >= 0.3 is 0 Å². The Morgan fingerprint density at radius 2 is 2.23 bits per heavy atom. The Labute approximate surface area is 138 Å². The van der Waals surface area contributed by atoms with Crippen LogP contribution in [-0.4, -0.2) is 21.7 Å². The molecule has 4 nitrogen and oxygen atoms in total. The van der Waals surface area contributed by atoms with Crippen LogP contribution in [0.3, 0.4) is 0 Å². The molecule has 1 aliphatic rings. The first kappa shape index (κ1) is 15.3. The van der Waals surface area contributed by atoms with Gasteiger partial charge < -0.3 is 14.4 Å². The highest BCUT2D eigenvalue weighted by atomic mass is 35.5. The summed E-state index contributed by atoms with van der Waals surface area (Å²) >= 11 is 7.66. The highest BCUT2D eigenvalue weighted by molar-refractivity contribution is 7.99. The molecular weight excluding hydrogens is 322 g/mol. The van der Waals surface area contributed by atoms with Crippen LogP contribution in [0.4, 0.5) is 0 Å². The Balaban J connectivity index is 1.92. The van der Waals surface area contributed by atoms with Gasteiger partial charge in [-0.25, -0.2) is 0 Å². The fraction of sp³-hybridized carbons (Fsp3) is 0.312. The summed E-state index contributed by atoms with van der Waals surface area (Å²) < 4.78 is 5.58. The minimum Gasteiger partial charge on any atom is -0.508 e. The van der Waals surface area contributed by atoms with Crippen molar-refractivity contribution in [2.45, 2.75) is 25.3 Å². The second-order valence-corrected chi connectivity index (χ2v) is 6.83. The number of rotatable bonds is 3. The van der Waals surface area contributed by atoms with Gasteiger partial charge in [0.25, 0.3) is 0 Å². The maximum absolute atomic E-state index is 12.3. The summed E-state index contributed by atoms with van der Waals surface area (Å²) in [5.74, 6) is 2.48. The molecule has 3 rings (SSSR count). The summed E-state index contributed by atoms with van der Waals surface area (Å²) in [6.07, 6.45) is 0.488. The normalized spacial score (nSPS) is 18.7. The molecular formula is C16H16ClNO3S. The van der Waals surface area contributed by atoms with E-state index >= 15 is 0 Å². The van der Waals surface area contributed by atoms with Gasteiger partial charge in [-0.15, -0.1) is 11.8 Å². The average molecular weight is 338 g/mol. The van der Waals surface area contributed by atoms with Gasteiger partial charge in [0, 0.05) is 22.8 Å². The summed E-state index contributed by atoms with van der Waals surface area (Å²) in [5, 5.41) is 10.4. The molecule has 0 saturated carbocycles. The number of phenols is 1. The Morgan fingerprint density at radius 1 is 1.41 bits per heavy atom. The Hall–Kier alpha value is -1.59. The van der Waals surface area contributed by atoms with Crippen LogP contribution in [0.15, 0.2) is 34.7 Å². The molecule has 1 N–H and O–H groups in total. The summed E-state index contributed by atoms with van der Waals surface area (Å²) in [6, 6.07) is 8.66. The molecule has 1 atom stereocenters. The van der Waals surface area contributed by atoms with Crippen LogP contribution in [0.25, 0.3) is 0 Å². The number of thioether (sulfide) groups is 1. The first-order chi connectivity index (χ1) is 10.5. The first-order valence-electron chi connectivity index (χ1n) is 6.99. The van der Waals surface area contributed by atoms with Gasteiger partial charge in [-0.1, -0.05) is 11.6 Å². The topological polar surface area (TPSA) is 53.7 Å². The van der Waals surface area contributed by atoms with E-state index in [4.69, 9.17) is 16.0 Å². The van der Waals surface area contributed by atoms with E-state index in [-0.39, 0.29) is 17.0 Å². The predicted molar refractivity (Wildman–Crippen MR) is 86.9 cm³/mol. The van der Waals surface area contributed by atoms with Crippen molar-refractivity contribution in [2.75, 3.05) is 5.75 Å². The molecule has 0 spiro atoms. The van der Waals surface area contributed by atoms with E-state index in [0.717, 1.165) is 17.3 Å². The highest BCUT2D eigenvalue weighted by Gasteiger charge is 2.32. The molecule has 116 valence electrons. The predicted octanol–water partition coefficient (Wildman–Crippen LogP) is 4.11. The van der Waals surface area contributed by atoms with E-state index in [1.165, 1.54) is 0 Å². The van der Waals surface area contributed by atoms with Gasteiger partial charge in [-0.3, -0.25) is 4.79 Å². The number of nitrogens with zero attached hydrogens (tertiary/aromatic N) is 1. The molecule has 0 aliphatic carbocycles. The van der Waals surface area contributed by atoms with E-state index in [9.17, 15) is 9.90 Å². The van der Waals surface area contributed by atoms with Crippen LogP contribution in [0.5, 0.6) is 5.75 Å². The van der Waals surface area contributed by atoms with Crippen LogP contribution in [-0.2, 0) is 11.3 Å². The van der Waals surface area contributed by atoms with Gasteiger partial charge in [-0.2, -0.15) is 0 Å². The van der Waals surface area contributed by atoms with Gasteiger partial charge in [0.15, 0.2) is 0 Å². The largest absolute Gasteiger partial charge is 0.508 e. The molecule has 1 aromatic carbocycles. The number of phenolic OH excluding ortho intramolecular Hbond substituents is 1. The molecule has 2 aromatic rings. The van der Waals surface area contributed by atoms with Crippen LogP contribution >= 0.6 is 23.4 Å². The molecule has 0 bridgehead atoms. The van der Waals surface area contributed by atoms with Crippen molar-refractivity contribution in [2.24, 2.45) is 0 Å². The van der Waals surface area contributed by atoms with E-state index in [1.807, 2.05) is 19.1 Å². The number of benzene rings is 1. The van der Waals surface area contributed by atoms with Crippen LogP contribution in [0, 0.1) is 6.92 Å². The van der Waals surface area contributed by atoms with Crippen molar-refractivity contribution >= 4 is 29.3 Å². The average Bonchev–Trinajstić information content (AvgIpc) is 2.89. The van der Waals surface area contributed by atoms with Crippen molar-refractivity contribution in [3.05, 3.63) is 52.4 Å². The lowest BCUT2D eigenvalue weighted by atomic mass is 10.1. The molecule has 1 saturated heterocycles. The zero-order valence-corrected chi connectivity index (χ0v) is 13.7. The van der Waals surface area contributed by atoms with Crippen molar-refractivity contribution < 1.29 is 14.3 Å². The first-order valence-corrected chi connectivity index (χ1v) is 8.42. The maximum atomic E-state index is 12.3. The number of hydrogen-bond acceptors (Lipinski definition) is 4. The summed E-state index contributed by atoms with van der Waals surface area (Å²) in [6.45, 7) is 2.26. The molecule has 1 amide bonds. The number of aryl methyl sites for hydroxylation is 1. The Morgan fingerprint density at radius 3 is 2.95 bits per heavy atom. The van der Waals surface area contributed by atoms with E-state index in [1.54, 1.807) is 34.9 Å². The summed E-state index contributed by atoms with van der Waals surface area (Å²) in [4.78, 5) is 14.1. The summed E-state index contributed by atoms with van der Waals surface area (Å²) in [5.41, 5.74) is 0.661. The lowest BCUT2D eigenvalue weighted by molar-refractivity contribution is -0.133. The van der Waals surface area contributed by atoms with Crippen molar-refractivity contribution in [1.82, 2.24) is 4.90 Å². The number of amides is 1. The smallest absolute Gasteiger partial charge is 0.224 e. The number of aromatic hydroxyl groups is 1. The quantitative estimate of drug-likeness (QED) is 0.915. The minimum absolute atomic E-state index is 0.0529. The standard InChI is InChI=1S/C16H16ClNO3S/c1-10-2-4-12(21-10)9-18-15(20)6-7-22-16(18)13-8-11(17)3-5-14(13)19/h2-5,8,16,19H,6-7,9H2,1H3. The second-order valence-electron chi connectivity index (χ2n) is 5.21. The molecule has 1 aromatic heterocycles. The van der Waals surface area contributed by atoms with Crippen LogP contribution < -0.4 is 0 Å². The van der Waals surface area contributed by atoms with Gasteiger partial charge in [0.2, 0.25) is 5.91 Å². The molecule has 2 heterocycles. The van der Waals surface area contributed by atoms with Crippen molar-refractivity contribution in [1.29, 1.82) is 0 Å². The molecule has 0 radical (unpaired) electrons. The number of halogens is 1. The maximum Gasteiger partial charge on any atom is 0.224 e. The minimum atomic E-state index is -0.259. The molecule has 1 unspecified atom stereocenters.